The topological polar surface area (TPSA) is 112 Å². The van der Waals surface area contributed by atoms with Crippen molar-refractivity contribution in [2.75, 3.05) is 29.8 Å². The molecule has 1 saturated heterocycles. The lowest BCUT2D eigenvalue weighted by Crippen LogP contribution is -2.33. The van der Waals surface area contributed by atoms with Crippen LogP contribution in [0.5, 0.6) is 0 Å². The molecule has 8 nitrogen and oxygen atoms in total. The van der Waals surface area contributed by atoms with Gasteiger partial charge in [-0.2, -0.15) is 13.2 Å². The van der Waals surface area contributed by atoms with Crippen LogP contribution in [0.4, 0.5) is 29.1 Å². The Bertz CT molecular complexity index is 1010. The van der Waals surface area contributed by atoms with Crippen LogP contribution < -0.4 is 14.9 Å². The fraction of sp³-hybridized carbons (Fsp3) is 0.375. The first kappa shape index (κ1) is 25.1. The van der Waals surface area contributed by atoms with E-state index in [-0.39, 0.29) is 16.9 Å². The summed E-state index contributed by atoms with van der Waals surface area (Å²) >= 11 is 7.46. The smallest absolute Gasteiger partial charge is 0.475 e. The van der Waals surface area contributed by atoms with Crippen molar-refractivity contribution in [2.45, 2.75) is 23.5 Å². The zero-order valence-corrected chi connectivity index (χ0v) is 18.2. The lowest BCUT2D eigenvalue weighted by molar-refractivity contribution is -0.192. The molecule has 0 aliphatic carbocycles. The van der Waals surface area contributed by atoms with E-state index in [0.717, 1.165) is 31.6 Å². The number of carbonyl (C=O) groups is 1. The number of hydrogen-bond donors (Lipinski definition) is 3. The molecular weight excluding hydrogens is 488 g/mol. The number of benzene rings is 1. The fourth-order valence-electron chi connectivity index (χ4n) is 2.62. The molecule has 3 rings (SSSR count). The Morgan fingerprint density at radius 1 is 1.42 bits per heavy atom. The summed E-state index contributed by atoms with van der Waals surface area (Å²) in [7, 11) is -2.27. The number of aliphatic carboxylic acids is 1. The molecule has 1 aliphatic rings. The Kier molecular flexibility index (Phi) is 8.08. The van der Waals surface area contributed by atoms with Crippen LogP contribution in [0.1, 0.15) is 6.42 Å². The minimum atomic E-state index is -5.08. The molecule has 2 aromatic rings. The van der Waals surface area contributed by atoms with Gasteiger partial charge in [-0.15, -0.1) is 11.3 Å². The molecule has 0 saturated carbocycles. The van der Waals surface area contributed by atoms with Gasteiger partial charge in [0, 0.05) is 31.1 Å². The number of rotatable bonds is 5. The number of aromatic nitrogens is 1. The summed E-state index contributed by atoms with van der Waals surface area (Å²) < 4.78 is 73.1. The summed E-state index contributed by atoms with van der Waals surface area (Å²) in [6.45, 7) is 1.67. The predicted octanol–water partition coefficient (Wildman–Crippen LogP) is 3.17. The summed E-state index contributed by atoms with van der Waals surface area (Å²) in [4.78, 5) is 14.1. The van der Waals surface area contributed by atoms with Crippen molar-refractivity contribution in [2.24, 2.45) is 0 Å². The van der Waals surface area contributed by atoms with Gasteiger partial charge in [-0.1, -0.05) is 11.6 Å². The van der Waals surface area contributed by atoms with Crippen LogP contribution >= 0.6 is 22.9 Å². The van der Waals surface area contributed by atoms with E-state index in [1.54, 1.807) is 0 Å². The molecule has 15 heteroatoms. The second-order valence-electron chi connectivity index (χ2n) is 6.27. The minimum absolute atomic E-state index is 0.147. The summed E-state index contributed by atoms with van der Waals surface area (Å²) in [5, 5.41) is 12.1. The fourth-order valence-corrected chi connectivity index (χ4v) is 4.62. The van der Waals surface area contributed by atoms with Gasteiger partial charge in [-0.3, -0.25) is 4.72 Å². The molecule has 1 unspecified atom stereocenters. The summed E-state index contributed by atoms with van der Waals surface area (Å²) in [5.41, 5.74) is 1.95. The number of nitrogens with zero attached hydrogens (tertiary/aromatic N) is 2. The Balaban J connectivity index is 0.000000423. The van der Waals surface area contributed by atoms with E-state index in [4.69, 9.17) is 21.5 Å². The molecule has 1 aliphatic heterocycles. The maximum atomic E-state index is 14.5. The van der Waals surface area contributed by atoms with Gasteiger partial charge in [0.1, 0.15) is 10.7 Å². The van der Waals surface area contributed by atoms with Crippen LogP contribution in [-0.4, -0.2) is 56.8 Å². The van der Waals surface area contributed by atoms with Crippen LogP contribution in [-0.2, 0) is 14.8 Å². The second kappa shape index (κ2) is 9.97. The molecule has 31 heavy (non-hydrogen) atoms. The van der Waals surface area contributed by atoms with E-state index >= 15 is 0 Å². The van der Waals surface area contributed by atoms with Gasteiger partial charge in [0.15, 0.2) is 5.82 Å². The quantitative estimate of drug-likeness (QED) is 0.536. The molecule has 172 valence electrons. The van der Waals surface area contributed by atoms with Gasteiger partial charge in [0.2, 0.25) is 0 Å². The van der Waals surface area contributed by atoms with Crippen molar-refractivity contribution in [3.63, 3.8) is 0 Å². The third-order valence-electron chi connectivity index (χ3n) is 4.17. The monoisotopic (exact) mass is 504 g/mol. The van der Waals surface area contributed by atoms with Gasteiger partial charge in [0.05, 0.1) is 16.2 Å². The molecule has 2 heterocycles. The minimum Gasteiger partial charge on any atom is -0.475 e. The van der Waals surface area contributed by atoms with Crippen LogP contribution in [0.3, 0.4) is 0 Å². The number of nitrogens with one attached hydrogen (secondary N) is 2. The van der Waals surface area contributed by atoms with Crippen molar-refractivity contribution in [1.29, 1.82) is 0 Å². The Hall–Kier alpha value is -2.16. The zero-order valence-electron chi connectivity index (χ0n) is 15.8. The summed E-state index contributed by atoms with van der Waals surface area (Å²) in [6.07, 6.45) is -4.17. The van der Waals surface area contributed by atoms with Crippen molar-refractivity contribution in [3.8, 4) is 0 Å². The molecule has 0 amide bonds. The number of carboxylic acids is 1. The largest absolute Gasteiger partial charge is 0.490 e. The average Bonchev–Trinajstić information content (AvgIpc) is 3.36. The molecule has 1 fully saturated rings. The average molecular weight is 505 g/mol. The maximum absolute atomic E-state index is 14.5. The van der Waals surface area contributed by atoms with Gasteiger partial charge >= 0.3 is 12.1 Å². The predicted molar refractivity (Wildman–Crippen MR) is 108 cm³/mol. The number of hydrogen-bond acceptors (Lipinski definition) is 7. The first-order valence-corrected chi connectivity index (χ1v) is 11.3. The van der Waals surface area contributed by atoms with Crippen LogP contribution in [0.2, 0.25) is 5.02 Å². The molecule has 0 radical (unpaired) electrons. The van der Waals surface area contributed by atoms with Crippen LogP contribution in [0.15, 0.2) is 27.9 Å². The van der Waals surface area contributed by atoms with E-state index < -0.39 is 32.9 Å². The van der Waals surface area contributed by atoms with E-state index in [2.05, 4.69) is 15.0 Å². The van der Waals surface area contributed by atoms with Gasteiger partial charge in [0.25, 0.3) is 10.0 Å². The highest BCUT2D eigenvalue weighted by molar-refractivity contribution is 7.92. The first-order valence-electron chi connectivity index (χ1n) is 8.46. The Labute approximate surface area is 183 Å². The van der Waals surface area contributed by atoms with Crippen LogP contribution in [0.25, 0.3) is 0 Å². The Morgan fingerprint density at radius 3 is 2.55 bits per heavy atom. The molecule has 1 aromatic carbocycles. The number of likely N-dealkylation sites (N-methyl/N-ethyl adjacent to an activating group) is 1. The molecule has 0 spiro atoms. The number of thiazole rings is 1. The third-order valence-corrected chi connectivity index (χ3v) is 6.43. The van der Waals surface area contributed by atoms with Crippen molar-refractivity contribution in [3.05, 3.63) is 33.9 Å². The highest BCUT2D eigenvalue weighted by Crippen LogP contribution is 2.32. The number of carboxylic acid groups (broad SMARTS) is 1. The van der Waals surface area contributed by atoms with E-state index in [1.807, 2.05) is 11.9 Å². The Morgan fingerprint density at radius 2 is 2.06 bits per heavy atom. The molecule has 3 N–H and O–H groups in total. The van der Waals surface area contributed by atoms with E-state index in [1.165, 1.54) is 22.2 Å². The second-order valence-corrected chi connectivity index (χ2v) is 9.05. The normalized spacial score (nSPS) is 16.4. The number of anilines is 2. The maximum Gasteiger partial charge on any atom is 0.490 e. The van der Waals surface area contributed by atoms with E-state index in [9.17, 15) is 26.0 Å². The number of sulfonamides is 1. The lowest BCUT2D eigenvalue weighted by atomic mass is 10.2. The number of halogens is 5. The molecular formula is C16H17ClF4N4O4S2. The molecule has 1 atom stereocenters. The van der Waals surface area contributed by atoms with E-state index in [0.29, 0.717) is 5.69 Å². The van der Waals surface area contributed by atoms with Gasteiger partial charge < -0.3 is 15.3 Å². The summed E-state index contributed by atoms with van der Waals surface area (Å²) in [5.74, 6) is -3.46. The highest BCUT2D eigenvalue weighted by Gasteiger charge is 2.38. The number of alkyl halides is 3. The van der Waals surface area contributed by atoms with Gasteiger partial charge in [-0.05, 0) is 19.0 Å². The zero-order chi connectivity index (χ0) is 23.4. The lowest BCUT2D eigenvalue weighted by Gasteiger charge is -2.27. The van der Waals surface area contributed by atoms with Crippen molar-refractivity contribution < 1.29 is 35.9 Å². The van der Waals surface area contributed by atoms with Crippen molar-refractivity contribution >= 4 is 50.4 Å². The first-order chi connectivity index (χ1) is 14.3. The van der Waals surface area contributed by atoms with Gasteiger partial charge in [-0.25, -0.2) is 22.6 Å². The molecule has 0 bridgehead atoms. The SMILES string of the molecule is CN(c1cc(F)c(S(=O)(=O)Nc2cscn2)cc1Cl)C1CCNC1.O=C(O)C(F)(F)F. The van der Waals surface area contributed by atoms with Crippen molar-refractivity contribution in [1.82, 2.24) is 10.3 Å². The highest BCUT2D eigenvalue weighted by atomic mass is 35.5. The standard InChI is InChI=1S/C14H16ClFN4O2S2.C2HF3O2/c1-20(9-2-3-17-6-9)12-5-11(16)13(4-10(12)15)24(21,22)19-14-7-23-8-18-14;3-2(4,5)1(6)7/h4-5,7-9,17,19H,2-3,6H2,1H3;(H,6,7). The third kappa shape index (κ3) is 6.66. The molecule has 1 aromatic heterocycles. The van der Waals surface area contributed by atoms with Crippen LogP contribution in [0, 0.1) is 5.82 Å². The summed E-state index contributed by atoms with van der Waals surface area (Å²) in [6, 6.07) is 2.49.